The van der Waals surface area contributed by atoms with Gasteiger partial charge in [-0.05, 0) is 34.1 Å². The van der Waals surface area contributed by atoms with Crippen molar-refractivity contribution in [2.45, 2.75) is 0 Å². The maximum Gasteiger partial charge on any atom is 0.213 e. The third-order valence-corrected chi connectivity index (χ3v) is 3.66. The first-order valence-corrected chi connectivity index (χ1v) is 6.23. The van der Waals surface area contributed by atoms with Gasteiger partial charge in [-0.1, -0.05) is 15.9 Å². The van der Waals surface area contributed by atoms with Gasteiger partial charge in [0.15, 0.2) is 0 Å². The number of nitrogens with one attached hydrogen (secondary N) is 2. The van der Waals surface area contributed by atoms with Gasteiger partial charge in [0.1, 0.15) is 5.52 Å². The third kappa shape index (κ3) is 1.35. The van der Waals surface area contributed by atoms with Crippen LogP contribution in [0.1, 0.15) is 0 Å². The second-order valence-corrected chi connectivity index (χ2v) is 5.30. The standard InChI is InChI=1S/C11H6Br2N2O/c12-5-1-2-8-6(3-5)11(16)10-9(15-8)7(13)4-14-10/h1-4,14H,(H,15,16). The molecule has 0 unspecified atom stereocenters. The Bertz CT molecular complexity index is 758. The highest BCUT2D eigenvalue weighted by Crippen LogP contribution is 2.23. The summed E-state index contributed by atoms with van der Waals surface area (Å²) >= 11 is 6.75. The molecule has 80 valence electrons. The fraction of sp³-hybridized carbons (Fsp3) is 0. The molecule has 5 heteroatoms. The summed E-state index contributed by atoms with van der Waals surface area (Å²) in [7, 11) is 0. The van der Waals surface area contributed by atoms with Gasteiger partial charge >= 0.3 is 0 Å². The third-order valence-electron chi connectivity index (χ3n) is 2.55. The Hall–Kier alpha value is -1.07. The van der Waals surface area contributed by atoms with E-state index in [2.05, 4.69) is 41.8 Å². The molecule has 3 aromatic rings. The van der Waals surface area contributed by atoms with E-state index in [1.54, 1.807) is 6.20 Å². The van der Waals surface area contributed by atoms with Crippen LogP contribution < -0.4 is 5.43 Å². The molecule has 2 heterocycles. The van der Waals surface area contributed by atoms with Gasteiger partial charge in [0.2, 0.25) is 5.43 Å². The molecule has 0 atom stereocenters. The number of hydrogen-bond acceptors (Lipinski definition) is 1. The summed E-state index contributed by atoms with van der Waals surface area (Å²) in [5, 5.41) is 0.677. The number of fused-ring (bicyclic) bond motifs is 2. The first-order chi connectivity index (χ1) is 7.66. The predicted molar refractivity (Wildman–Crippen MR) is 71.8 cm³/mol. The molecular formula is C11H6Br2N2O. The van der Waals surface area contributed by atoms with Crippen LogP contribution in [0.5, 0.6) is 0 Å². The van der Waals surface area contributed by atoms with Crippen LogP contribution in [-0.4, -0.2) is 9.97 Å². The van der Waals surface area contributed by atoms with Crippen LogP contribution in [0.15, 0.2) is 38.1 Å². The van der Waals surface area contributed by atoms with E-state index < -0.39 is 0 Å². The zero-order valence-electron chi connectivity index (χ0n) is 7.97. The summed E-state index contributed by atoms with van der Waals surface area (Å²) < 4.78 is 1.76. The molecule has 2 N–H and O–H groups in total. The van der Waals surface area contributed by atoms with Crippen LogP contribution in [-0.2, 0) is 0 Å². The fourth-order valence-electron chi connectivity index (χ4n) is 1.78. The first kappa shape index (κ1) is 10.1. The van der Waals surface area contributed by atoms with Crippen LogP contribution in [0.4, 0.5) is 0 Å². The van der Waals surface area contributed by atoms with E-state index in [0.29, 0.717) is 10.9 Å². The molecular weight excluding hydrogens is 336 g/mol. The van der Waals surface area contributed by atoms with Crippen molar-refractivity contribution in [1.82, 2.24) is 9.97 Å². The molecule has 1 aromatic carbocycles. The number of rotatable bonds is 0. The molecule has 0 radical (unpaired) electrons. The number of pyridine rings is 1. The van der Waals surface area contributed by atoms with E-state index in [-0.39, 0.29) is 5.43 Å². The lowest BCUT2D eigenvalue weighted by molar-refractivity contribution is 1.43. The van der Waals surface area contributed by atoms with Crippen molar-refractivity contribution in [3.8, 4) is 0 Å². The highest BCUT2D eigenvalue weighted by Gasteiger charge is 2.09. The summed E-state index contributed by atoms with van der Waals surface area (Å²) in [4.78, 5) is 18.3. The van der Waals surface area contributed by atoms with Crippen molar-refractivity contribution in [2.75, 3.05) is 0 Å². The van der Waals surface area contributed by atoms with Gasteiger partial charge < -0.3 is 9.97 Å². The fourth-order valence-corrected chi connectivity index (χ4v) is 2.56. The molecule has 0 amide bonds. The normalized spacial score (nSPS) is 11.4. The van der Waals surface area contributed by atoms with Crippen LogP contribution >= 0.6 is 31.9 Å². The van der Waals surface area contributed by atoms with E-state index in [1.807, 2.05) is 18.2 Å². The maximum atomic E-state index is 12.2. The van der Waals surface area contributed by atoms with Crippen molar-refractivity contribution >= 4 is 53.8 Å². The molecule has 16 heavy (non-hydrogen) atoms. The molecule has 0 saturated carbocycles. The zero-order chi connectivity index (χ0) is 11.3. The second kappa shape index (κ2) is 3.46. The predicted octanol–water partition coefficient (Wildman–Crippen LogP) is 3.53. The van der Waals surface area contributed by atoms with Gasteiger partial charge in [0.25, 0.3) is 0 Å². The van der Waals surface area contributed by atoms with Crippen molar-refractivity contribution in [3.63, 3.8) is 0 Å². The van der Waals surface area contributed by atoms with E-state index in [1.165, 1.54) is 0 Å². The Balaban J connectivity index is 2.63. The van der Waals surface area contributed by atoms with Crippen LogP contribution in [0.2, 0.25) is 0 Å². The van der Waals surface area contributed by atoms with Crippen LogP contribution in [0.3, 0.4) is 0 Å². The van der Waals surface area contributed by atoms with Crippen molar-refractivity contribution < 1.29 is 0 Å². The molecule has 2 aromatic heterocycles. The van der Waals surface area contributed by atoms with Crippen LogP contribution in [0, 0.1) is 0 Å². The van der Waals surface area contributed by atoms with Crippen molar-refractivity contribution in [1.29, 1.82) is 0 Å². The largest absolute Gasteiger partial charge is 0.356 e. The lowest BCUT2D eigenvalue weighted by Gasteiger charge is -1.99. The SMILES string of the molecule is O=c1c2cc(Br)ccc2[nH]c2c(Br)c[nH]c12. The Kier molecular flexibility index (Phi) is 2.19. The topological polar surface area (TPSA) is 48.6 Å². The van der Waals surface area contributed by atoms with E-state index in [9.17, 15) is 4.79 Å². The van der Waals surface area contributed by atoms with Gasteiger partial charge in [-0.15, -0.1) is 0 Å². The summed E-state index contributed by atoms with van der Waals surface area (Å²) in [6, 6.07) is 5.62. The molecule has 0 aliphatic rings. The van der Waals surface area contributed by atoms with Crippen molar-refractivity contribution in [2.24, 2.45) is 0 Å². The summed E-state index contributed by atoms with van der Waals surface area (Å²) in [5.41, 5.74) is 2.24. The lowest BCUT2D eigenvalue weighted by Crippen LogP contribution is -2.03. The highest BCUT2D eigenvalue weighted by atomic mass is 79.9. The number of aromatic amines is 2. The van der Waals surface area contributed by atoms with Crippen molar-refractivity contribution in [3.05, 3.63) is 43.6 Å². The lowest BCUT2D eigenvalue weighted by atomic mass is 10.2. The number of halogens is 2. The molecule has 0 fully saturated rings. The minimum Gasteiger partial charge on any atom is -0.356 e. The molecule has 3 rings (SSSR count). The van der Waals surface area contributed by atoms with Gasteiger partial charge in [-0.2, -0.15) is 0 Å². The molecule has 0 spiro atoms. The number of aromatic nitrogens is 2. The quantitative estimate of drug-likeness (QED) is 0.645. The Morgan fingerprint density at radius 1 is 1.12 bits per heavy atom. The highest BCUT2D eigenvalue weighted by molar-refractivity contribution is 9.11. The van der Waals surface area contributed by atoms with Crippen LogP contribution in [0.25, 0.3) is 21.9 Å². The van der Waals surface area contributed by atoms with E-state index in [0.717, 1.165) is 20.0 Å². The zero-order valence-corrected chi connectivity index (χ0v) is 11.1. The second-order valence-electron chi connectivity index (χ2n) is 3.53. The van der Waals surface area contributed by atoms with Gasteiger partial charge in [-0.3, -0.25) is 4.79 Å². The molecule has 0 saturated heterocycles. The summed E-state index contributed by atoms with van der Waals surface area (Å²) in [6.45, 7) is 0. The Labute approximate surface area is 107 Å². The van der Waals surface area contributed by atoms with E-state index >= 15 is 0 Å². The average Bonchev–Trinajstić information content (AvgIpc) is 2.63. The van der Waals surface area contributed by atoms with Gasteiger partial charge in [-0.25, -0.2) is 0 Å². The summed E-state index contributed by atoms with van der Waals surface area (Å²) in [5.74, 6) is 0. The Morgan fingerprint density at radius 2 is 1.94 bits per heavy atom. The average molecular weight is 342 g/mol. The van der Waals surface area contributed by atoms with Gasteiger partial charge in [0, 0.05) is 21.6 Å². The molecule has 0 aliphatic heterocycles. The number of benzene rings is 1. The number of hydrogen-bond donors (Lipinski definition) is 2. The number of H-pyrrole nitrogens is 2. The maximum absolute atomic E-state index is 12.2. The van der Waals surface area contributed by atoms with E-state index in [4.69, 9.17) is 0 Å². The molecule has 0 aliphatic carbocycles. The minimum atomic E-state index is 0.00995. The summed E-state index contributed by atoms with van der Waals surface area (Å²) in [6.07, 6.45) is 1.76. The smallest absolute Gasteiger partial charge is 0.213 e. The monoisotopic (exact) mass is 340 g/mol. The van der Waals surface area contributed by atoms with Gasteiger partial charge in [0.05, 0.1) is 9.99 Å². The molecule has 0 bridgehead atoms. The first-order valence-electron chi connectivity index (χ1n) is 4.65. The minimum absolute atomic E-state index is 0.00995. The Morgan fingerprint density at radius 3 is 2.75 bits per heavy atom. The molecule has 3 nitrogen and oxygen atoms in total.